The van der Waals surface area contributed by atoms with Crippen LogP contribution in [-0.2, 0) is 9.59 Å². The first kappa shape index (κ1) is 15.1. The number of nitrogens with one attached hydrogen (secondary N) is 1. The molecule has 0 spiro atoms. The average Bonchev–Trinajstić information content (AvgIpc) is 2.95. The molecule has 2 aliphatic rings. The summed E-state index contributed by atoms with van der Waals surface area (Å²) in [6.45, 7) is 0.232. The molecule has 116 valence electrons. The Bertz CT molecular complexity index is 656. The lowest BCUT2D eigenvalue weighted by Crippen LogP contribution is -2.36. The summed E-state index contributed by atoms with van der Waals surface area (Å²) in [5.41, 5.74) is 1.42. The topological polar surface area (TPSA) is 75.6 Å². The van der Waals surface area contributed by atoms with Crippen molar-refractivity contribution in [1.82, 2.24) is 5.32 Å². The number of ether oxygens (including phenoxy) is 1. The van der Waals surface area contributed by atoms with Crippen LogP contribution in [0.1, 0.15) is 24.8 Å². The van der Waals surface area contributed by atoms with Gasteiger partial charge < -0.3 is 15.2 Å². The van der Waals surface area contributed by atoms with Gasteiger partial charge in [-0.05, 0) is 43.5 Å². The highest BCUT2D eigenvalue weighted by molar-refractivity contribution is 9.10. The number of carbonyl (C=O) groups is 2. The number of amides is 1. The number of fused-ring (bicyclic) bond motifs is 1. The monoisotopic (exact) mass is 365 g/mol. The fourth-order valence-electron chi connectivity index (χ4n) is 2.89. The Morgan fingerprint density at radius 1 is 1.32 bits per heavy atom. The Kier molecular flexibility index (Phi) is 4.20. The predicted octanol–water partition coefficient (Wildman–Crippen LogP) is 2.59. The molecule has 0 aromatic heterocycles. The van der Waals surface area contributed by atoms with Gasteiger partial charge in [0.25, 0.3) is 5.91 Å². The highest BCUT2D eigenvalue weighted by Gasteiger charge is 2.31. The van der Waals surface area contributed by atoms with E-state index in [0.717, 1.165) is 15.8 Å². The van der Waals surface area contributed by atoms with E-state index in [2.05, 4.69) is 21.2 Å². The summed E-state index contributed by atoms with van der Waals surface area (Å²) in [7, 11) is 0. The van der Waals surface area contributed by atoms with Crippen LogP contribution in [0.2, 0.25) is 0 Å². The van der Waals surface area contributed by atoms with Crippen molar-refractivity contribution >= 4 is 33.9 Å². The minimum atomic E-state index is -0.782. The van der Waals surface area contributed by atoms with Gasteiger partial charge in [-0.15, -0.1) is 0 Å². The summed E-state index contributed by atoms with van der Waals surface area (Å²) < 4.78 is 6.52. The SMILES string of the molecule is O=C(N[C@H]1CC[C@@H](C(=O)O)C1)C1=Cc2cc(Br)ccc2OC1. The molecule has 2 atom stereocenters. The van der Waals surface area contributed by atoms with E-state index in [1.54, 1.807) is 0 Å². The third-order valence-electron chi connectivity index (χ3n) is 4.09. The van der Waals surface area contributed by atoms with Crippen LogP contribution in [0.4, 0.5) is 0 Å². The van der Waals surface area contributed by atoms with Crippen molar-refractivity contribution in [3.63, 3.8) is 0 Å². The number of carboxylic acid groups (broad SMARTS) is 1. The molecule has 1 amide bonds. The standard InChI is InChI=1S/C16H16BrNO4/c17-12-2-4-14-10(6-12)5-11(8-22-14)15(19)18-13-3-1-9(7-13)16(20)21/h2,4-6,9,13H,1,3,7-8H2,(H,18,19)(H,20,21)/t9-,13+/m1/s1. The number of hydrogen-bond donors (Lipinski definition) is 2. The largest absolute Gasteiger partial charge is 0.488 e. The lowest BCUT2D eigenvalue weighted by Gasteiger charge is -2.19. The molecule has 1 aliphatic carbocycles. The lowest BCUT2D eigenvalue weighted by atomic mass is 10.1. The summed E-state index contributed by atoms with van der Waals surface area (Å²) in [6, 6.07) is 5.58. The minimum absolute atomic E-state index is 0.0709. The molecule has 1 aliphatic heterocycles. The van der Waals surface area contributed by atoms with Gasteiger partial charge in [-0.25, -0.2) is 0 Å². The molecule has 0 unspecified atom stereocenters. The fraction of sp³-hybridized carbons (Fsp3) is 0.375. The van der Waals surface area contributed by atoms with Crippen molar-refractivity contribution in [2.45, 2.75) is 25.3 Å². The fourth-order valence-corrected chi connectivity index (χ4v) is 3.27. The van der Waals surface area contributed by atoms with E-state index in [-0.39, 0.29) is 24.5 Å². The highest BCUT2D eigenvalue weighted by Crippen LogP contribution is 2.30. The van der Waals surface area contributed by atoms with Crippen molar-refractivity contribution in [1.29, 1.82) is 0 Å². The van der Waals surface area contributed by atoms with E-state index in [9.17, 15) is 9.59 Å². The Morgan fingerprint density at radius 2 is 2.14 bits per heavy atom. The Labute approximate surface area is 136 Å². The van der Waals surface area contributed by atoms with Crippen molar-refractivity contribution in [3.8, 4) is 5.75 Å². The maximum absolute atomic E-state index is 12.3. The summed E-state index contributed by atoms with van der Waals surface area (Å²) >= 11 is 3.40. The normalized spacial score (nSPS) is 23.2. The van der Waals surface area contributed by atoms with Gasteiger partial charge >= 0.3 is 5.97 Å². The number of carbonyl (C=O) groups excluding carboxylic acids is 1. The molecule has 6 heteroatoms. The molecule has 1 heterocycles. The average molecular weight is 366 g/mol. The molecule has 1 aromatic carbocycles. The third kappa shape index (κ3) is 3.16. The molecule has 1 aromatic rings. The molecule has 1 saturated carbocycles. The van der Waals surface area contributed by atoms with Gasteiger partial charge in [-0.3, -0.25) is 9.59 Å². The Hall–Kier alpha value is -1.82. The molecule has 1 fully saturated rings. The maximum Gasteiger partial charge on any atom is 0.306 e. The van der Waals surface area contributed by atoms with Crippen LogP contribution in [-0.4, -0.2) is 29.6 Å². The zero-order valence-electron chi connectivity index (χ0n) is 11.8. The van der Waals surface area contributed by atoms with Gasteiger partial charge in [0.1, 0.15) is 12.4 Å². The van der Waals surface area contributed by atoms with Crippen molar-refractivity contribution < 1.29 is 19.4 Å². The molecule has 0 saturated heterocycles. The summed E-state index contributed by atoms with van der Waals surface area (Å²) in [5, 5.41) is 11.9. The molecule has 0 bridgehead atoms. The van der Waals surface area contributed by atoms with Crippen LogP contribution in [0.5, 0.6) is 5.75 Å². The van der Waals surface area contributed by atoms with Crippen LogP contribution in [0.25, 0.3) is 6.08 Å². The van der Waals surface area contributed by atoms with Crippen LogP contribution in [0.3, 0.4) is 0 Å². The Balaban J connectivity index is 1.67. The smallest absolute Gasteiger partial charge is 0.306 e. The quantitative estimate of drug-likeness (QED) is 0.862. The first-order valence-corrected chi connectivity index (χ1v) is 7.99. The number of aliphatic carboxylic acids is 1. The lowest BCUT2D eigenvalue weighted by molar-refractivity contribution is -0.141. The summed E-state index contributed by atoms with van der Waals surface area (Å²) in [4.78, 5) is 23.3. The van der Waals surface area contributed by atoms with E-state index in [1.807, 2.05) is 24.3 Å². The minimum Gasteiger partial charge on any atom is -0.488 e. The molecular weight excluding hydrogens is 350 g/mol. The van der Waals surface area contributed by atoms with Crippen LogP contribution in [0, 0.1) is 5.92 Å². The van der Waals surface area contributed by atoms with Gasteiger partial charge in [-0.2, -0.15) is 0 Å². The zero-order valence-corrected chi connectivity index (χ0v) is 13.4. The van der Waals surface area contributed by atoms with Gasteiger partial charge in [-0.1, -0.05) is 15.9 Å². The molecule has 3 rings (SSSR count). The molecule has 5 nitrogen and oxygen atoms in total. The van der Waals surface area contributed by atoms with Crippen LogP contribution >= 0.6 is 15.9 Å². The van der Waals surface area contributed by atoms with E-state index < -0.39 is 5.97 Å². The molecular formula is C16H16BrNO4. The van der Waals surface area contributed by atoms with Gasteiger partial charge in [0.2, 0.25) is 0 Å². The van der Waals surface area contributed by atoms with Crippen molar-refractivity contribution in [2.24, 2.45) is 5.92 Å². The molecule has 22 heavy (non-hydrogen) atoms. The molecule has 2 N–H and O–H groups in total. The number of hydrogen-bond acceptors (Lipinski definition) is 3. The predicted molar refractivity (Wildman–Crippen MR) is 84.5 cm³/mol. The summed E-state index contributed by atoms with van der Waals surface area (Å²) in [5.74, 6) is -0.553. The van der Waals surface area contributed by atoms with Crippen molar-refractivity contribution in [3.05, 3.63) is 33.8 Å². The van der Waals surface area contributed by atoms with Gasteiger partial charge in [0, 0.05) is 16.1 Å². The van der Waals surface area contributed by atoms with Crippen molar-refractivity contribution in [2.75, 3.05) is 6.61 Å². The maximum atomic E-state index is 12.3. The second-order valence-corrected chi connectivity index (χ2v) is 6.57. The number of carboxylic acids is 1. The number of rotatable bonds is 3. The van der Waals surface area contributed by atoms with E-state index in [1.165, 1.54) is 0 Å². The Morgan fingerprint density at radius 3 is 2.86 bits per heavy atom. The second-order valence-electron chi connectivity index (χ2n) is 5.66. The van der Waals surface area contributed by atoms with Crippen LogP contribution in [0.15, 0.2) is 28.2 Å². The van der Waals surface area contributed by atoms with E-state index in [4.69, 9.17) is 9.84 Å². The zero-order chi connectivity index (χ0) is 15.7. The summed E-state index contributed by atoms with van der Waals surface area (Å²) in [6.07, 6.45) is 3.64. The van der Waals surface area contributed by atoms with E-state index in [0.29, 0.717) is 24.8 Å². The first-order valence-electron chi connectivity index (χ1n) is 7.19. The third-order valence-corrected chi connectivity index (χ3v) is 4.59. The number of halogens is 1. The highest BCUT2D eigenvalue weighted by atomic mass is 79.9. The molecule has 0 radical (unpaired) electrons. The first-order chi connectivity index (χ1) is 10.5. The number of benzene rings is 1. The van der Waals surface area contributed by atoms with Crippen LogP contribution < -0.4 is 10.1 Å². The second kappa shape index (κ2) is 6.12. The van der Waals surface area contributed by atoms with Gasteiger partial charge in [0.05, 0.1) is 11.5 Å². The van der Waals surface area contributed by atoms with E-state index >= 15 is 0 Å². The van der Waals surface area contributed by atoms with Gasteiger partial charge in [0.15, 0.2) is 0 Å².